The second kappa shape index (κ2) is 6.44. The van der Waals surface area contributed by atoms with E-state index in [2.05, 4.69) is 0 Å². The predicted molar refractivity (Wildman–Crippen MR) is 83.1 cm³/mol. The number of nitrogens with two attached hydrogens (primary N) is 2. The number of nitrogens with zero attached hydrogens (tertiary/aromatic N) is 1. The van der Waals surface area contributed by atoms with E-state index in [0.717, 1.165) is 9.87 Å². The van der Waals surface area contributed by atoms with Gasteiger partial charge >= 0.3 is 0 Å². The van der Waals surface area contributed by atoms with Crippen LogP contribution in [0.15, 0.2) is 17.0 Å². The van der Waals surface area contributed by atoms with Crippen molar-refractivity contribution in [3.05, 3.63) is 23.3 Å². The van der Waals surface area contributed by atoms with Crippen LogP contribution < -0.4 is 11.5 Å². The molecule has 0 spiro atoms. The first-order valence-corrected chi connectivity index (χ1v) is 8.15. The highest BCUT2D eigenvalue weighted by molar-refractivity contribution is 7.89. The molecule has 0 aliphatic heterocycles. The summed E-state index contributed by atoms with van der Waals surface area (Å²) in [6.07, 6.45) is 0. The van der Waals surface area contributed by atoms with Gasteiger partial charge in [0.1, 0.15) is 0 Å². The summed E-state index contributed by atoms with van der Waals surface area (Å²) in [5.74, 6) is -0.612. The number of nitrogen functional groups attached to an aromatic ring is 1. The lowest BCUT2D eigenvalue weighted by Crippen LogP contribution is -2.40. The SMILES string of the molecule is Cc1cc(N)c(C)c(S(=O)(=O)N(CC(N)=O)CC(C)C)c1. The second-order valence-corrected chi connectivity index (χ2v) is 7.54. The van der Waals surface area contributed by atoms with Crippen molar-refractivity contribution in [1.29, 1.82) is 0 Å². The minimum absolute atomic E-state index is 0.0709. The molecule has 1 aromatic rings. The van der Waals surface area contributed by atoms with E-state index in [9.17, 15) is 13.2 Å². The Morgan fingerprint density at radius 1 is 1.29 bits per heavy atom. The predicted octanol–water partition coefficient (Wildman–Crippen LogP) is 1.02. The van der Waals surface area contributed by atoms with Gasteiger partial charge < -0.3 is 11.5 Å². The lowest BCUT2D eigenvalue weighted by molar-refractivity contribution is -0.118. The molecule has 0 saturated carbocycles. The van der Waals surface area contributed by atoms with Crippen molar-refractivity contribution < 1.29 is 13.2 Å². The summed E-state index contributed by atoms with van der Waals surface area (Å²) >= 11 is 0. The number of carbonyl (C=O) groups excluding carboxylic acids is 1. The lowest BCUT2D eigenvalue weighted by Gasteiger charge is -2.24. The molecule has 4 N–H and O–H groups in total. The molecule has 0 unspecified atom stereocenters. The van der Waals surface area contributed by atoms with Gasteiger partial charge in [0.2, 0.25) is 15.9 Å². The van der Waals surface area contributed by atoms with Gasteiger partial charge in [-0.1, -0.05) is 13.8 Å². The number of aryl methyl sites for hydroxylation is 1. The van der Waals surface area contributed by atoms with Gasteiger partial charge in [-0.3, -0.25) is 4.79 Å². The number of benzene rings is 1. The first-order chi connectivity index (χ1) is 9.55. The van der Waals surface area contributed by atoms with Crippen LogP contribution >= 0.6 is 0 Å². The Kier molecular flexibility index (Phi) is 5.36. The molecule has 0 aliphatic rings. The Bertz CT molecular complexity index is 639. The van der Waals surface area contributed by atoms with Crippen LogP contribution in [-0.4, -0.2) is 31.7 Å². The first kappa shape index (κ1) is 17.5. The Balaban J connectivity index is 3.38. The van der Waals surface area contributed by atoms with Crippen molar-refractivity contribution in [1.82, 2.24) is 4.31 Å². The highest BCUT2D eigenvalue weighted by atomic mass is 32.2. The van der Waals surface area contributed by atoms with Gasteiger partial charge in [-0.15, -0.1) is 0 Å². The first-order valence-electron chi connectivity index (χ1n) is 6.71. The highest BCUT2D eigenvalue weighted by Gasteiger charge is 2.28. The molecule has 0 bridgehead atoms. The number of carbonyl (C=O) groups is 1. The third-order valence-corrected chi connectivity index (χ3v) is 5.00. The normalized spacial score (nSPS) is 12.1. The average molecular weight is 313 g/mol. The van der Waals surface area contributed by atoms with E-state index in [1.165, 1.54) is 0 Å². The number of hydrogen-bond donors (Lipinski definition) is 2. The summed E-state index contributed by atoms with van der Waals surface area (Å²) in [6, 6.07) is 3.28. The van der Waals surface area contributed by atoms with Gasteiger partial charge in [-0.25, -0.2) is 8.42 Å². The van der Waals surface area contributed by atoms with Gasteiger partial charge in [0.25, 0.3) is 0 Å². The van der Waals surface area contributed by atoms with Gasteiger partial charge in [-0.2, -0.15) is 4.31 Å². The van der Waals surface area contributed by atoms with Crippen LogP contribution in [0.5, 0.6) is 0 Å². The van der Waals surface area contributed by atoms with E-state index >= 15 is 0 Å². The quantitative estimate of drug-likeness (QED) is 0.764. The van der Waals surface area contributed by atoms with E-state index in [4.69, 9.17) is 11.5 Å². The number of amides is 1. The van der Waals surface area contributed by atoms with Crippen LogP contribution in [0, 0.1) is 19.8 Å². The summed E-state index contributed by atoms with van der Waals surface area (Å²) in [5, 5.41) is 0. The molecule has 0 atom stereocenters. The van der Waals surface area contributed by atoms with E-state index in [0.29, 0.717) is 11.3 Å². The van der Waals surface area contributed by atoms with Crippen LogP contribution in [0.1, 0.15) is 25.0 Å². The van der Waals surface area contributed by atoms with E-state index in [1.54, 1.807) is 26.0 Å². The molecular weight excluding hydrogens is 290 g/mol. The smallest absolute Gasteiger partial charge is 0.243 e. The summed E-state index contributed by atoms with van der Waals surface area (Å²) < 4.78 is 26.7. The molecule has 7 heteroatoms. The number of anilines is 1. The Morgan fingerprint density at radius 3 is 2.33 bits per heavy atom. The molecule has 0 aliphatic carbocycles. The number of sulfonamides is 1. The van der Waals surface area contributed by atoms with Crippen molar-refractivity contribution in [3.8, 4) is 0 Å². The summed E-state index contributed by atoms with van der Waals surface area (Å²) in [6.45, 7) is 7.06. The zero-order valence-corrected chi connectivity index (χ0v) is 13.7. The van der Waals surface area contributed by atoms with Crippen LogP contribution in [0.2, 0.25) is 0 Å². The van der Waals surface area contributed by atoms with Crippen LogP contribution in [-0.2, 0) is 14.8 Å². The molecule has 1 amide bonds. The fourth-order valence-corrected chi connectivity index (χ4v) is 4.00. The molecule has 0 fully saturated rings. The number of primary amides is 1. The lowest BCUT2D eigenvalue weighted by atomic mass is 10.1. The molecule has 21 heavy (non-hydrogen) atoms. The molecule has 118 valence electrons. The molecule has 1 rings (SSSR count). The zero-order chi connectivity index (χ0) is 16.4. The summed E-state index contributed by atoms with van der Waals surface area (Å²) in [5.41, 5.74) is 12.7. The van der Waals surface area contributed by atoms with Crippen LogP contribution in [0.25, 0.3) is 0 Å². The van der Waals surface area contributed by atoms with Crippen molar-refractivity contribution in [2.24, 2.45) is 11.7 Å². The van der Waals surface area contributed by atoms with Gasteiger partial charge in [0, 0.05) is 12.2 Å². The molecular formula is C14H23N3O3S. The maximum absolute atomic E-state index is 12.8. The molecule has 0 heterocycles. The van der Waals surface area contributed by atoms with Crippen molar-refractivity contribution in [2.75, 3.05) is 18.8 Å². The molecule has 0 radical (unpaired) electrons. The van der Waals surface area contributed by atoms with Crippen molar-refractivity contribution in [2.45, 2.75) is 32.6 Å². The minimum Gasteiger partial charge on any atom is -0.398 e. The largest absolute Gasteiger partial charge is 0.398 e. The molecule has 6 nitrogen and oxygen atoms in total. The number of hydrogen-bond acceptors (Lipinski definition) is 4. The standard InChI is InChI=1S/C14H23N3O3S/c1-9(2)7-17(8-14(16)18)21(19,20)13-6-10(3)5-12(15)11(13)4/h5-6,9H,7-8,15H2,1-4H3,(H2,16,18). The Labute approximate surface area is 126 Å². The fraction of sp³-hybridized carbons (Fsp3) is 0.500. The van der Waals surface area contributed by atoms with Crippen molar-refractivity contribution >= 4 is 21.6 Å². The highest BCUT2D eigenvalue weighted by Crippen LogP contribution is 2.26. The molecule has 0 saturated heterocycles. The zero-order valence-electron chi connectivity index (χ0n) is 12.9. The van der Waals surface area contributed by atoms with E-state index < -0.39 is 15.9 Å². The maximum atomic E-state index is 12.8. The van der Waals surface area contributed by atoms with Crippen LogP contribution in [0.4, 0.5) is 5.69 Å². The number of rotatable bonds is 6. The summed E-state index contributed by atoms with van der Waals surface area (Å²) in [4.78, 5) is 11.3. The third-order valence-electron chi connectivity index (χ3n) is 3.06. The maximum Gasteiger partial charge on any atom is 0.243 e. The fourth-order valence-electron chi connectivity index (χ4n) is 2.09. The van der Waals surface area contributed by atoms with Gasteiger partial charge in [0.05, 0.1) is 11.4 Å². The van der Waals surface area contributed by atoms with Crippen LogP contribution in [0.3, 0.4) is 0 Å². The topological polar surface area (TPSA) is 106 Å². The molecule has 0 aromatic heterocycles. The Hall–Kier alpha value is -1.60. The van der Waals surface area contributed by atoms with E-state index in [-0.39, 0.29) is 23.9 Å². The van der Waals surface area contributed by atoms with E-state index in [1.807, 2.05) is 13.8 Å². The Morgan fingerprint density at radius 2 is 1.86 bits per heavy atom. The van der Waals surface area contributed by atoms with Crippen molar-refractivity contribution in [3.63, 3.8) is 0 Å². The molecule has 1 aromatic carbocycles. The summed E-state index contributed by atoms with van der Waals surface area (Å²) in [7, 11) is -3.81. The third kappa shape index (κ3) is 4.18. The second-order valence-electron chi connectivity index (χ2n) is 5.64. The minimum atomic E-state index is -3.81. The average Bonchev–Trinajstić information content (AvgIpc) is 2.31. The van der Waals surface area contributed by atoms with Gasteiger partial charge in [0.15, 0.2) is 0 Å². The van der Waals surface area contributed by atoms with Gasteiger partial charge in [-0.05, 0) is 43.0 Å². The monoisotopic (exact) mass is 313 g/mol.